The Morgan fingerprint density at radius 1 is 1.32 bits per heavy atom. The van der Waals surface area contributed by atoms with Crippen molar-refractivity contribution in [2.24, 2.45) is 11.7 Å². The Kier molecular flexibility index (Phi) is 10.1. The number of allylic oxidation sites excluding steroid dienone is 6. The summed E-state index contributed by atoms with van der Waals surface area (Å²) in [4.78, 5) is 1.45. The summed E-state index contributed by atoms with van der Waals surface area (Å²) in [7, 11) is 0. The van der Waals surface area contributed by atoms with Crippen LogP contribution in [0.15, 0.2) is 71.3 Å². The first-order chi connectivity index (χ1) is 12.2. The first-order valence-corrected chi connectivity index (χ1v) is 10.2. The fourth-order valence-electron chi connectivity index (χ4n) is 2.45. The van der Waals surface area contributed by atoms with Gasteiger partial charge in [0.15, 0.2) is 0 Å². The molecular weight excluding hydrogens is 322 g/mol. The summed E-state index contributed by atoms with van der Waals surface area (Å²) in [6, 6.07) is 8.70. The van der Waals surface area contributed by atoms with Gasteiger partial charge in [0, 0.05) is 10.1 Å². The summed E-state index contributed by atoms with van der Waals surface area (Å²) in [6.07, 6.45) is 14.9. The Morgan fingerprint density at radius 2 is 2.04 bits per heavy atom. The number of benzene rings is 1. The van der Waals surface area contributed by atoms with Crippen LogP contribution in [-0.2, 0) is 0 Å². The molecule has 0 aromatic heterocycles. The minimum absolute atomic E-state index is 0.662. The summed E-state index contributed by atoms with van der Waals surface area (Å²) in [5.74, 6) is 0.662. The maximum absolute atomic E-state index is 5.29. The van der Waals surface area contributed by atoms with Crippen LogP contribution in [0.1, 0.15) is 53.0 Å². The van der Waals surface area contributed by atoms with Gasteiger partial charge in [-0.3, -0.25) is 0 Å². The van der Waals surface area contributed by atoms with E-state index in [1.807, 2.05) is 32.5 Å². The predicted octanol–water partition coefficient (Wildman–Crippen LogP) is 6.98. The van der Waals surface area contributed by atoms with E-state index in [0.29, 0.717) is 11.2 Å². The van der Waals surface area contributed by atoms with Gasteiger partial charge >= 0.3 is 0 Å². The predicted molar refractivity (Wildman–Crippen MR) is 116 cm³/mol. The quantitative estimate of drug-likeness (QED) is 0.592. The molecule has 0 radical (unpaired) electrons. The third-order valence-corrected chi connectivity index (χ3v) is 5.51. The lowest BCUT2D eigenvalue weighted by Gasteiger charge is -2.11. The average Bonchev–Trinajstić information content (AvgIpc) is 3.06. The molecule has 136 valence electrons. The van der Waals surface area contributed by atoms with Gasteiger partial charge in [-0.2, -0.15) is 0 Å². The highest BCUT2D eigenvalue weighted by Gasteiger charge is 2.26. The Balaban J connectivity index is 0.000000237. The molecule has 2 N–H and O–H groups in total. The van der Waals surface area contributed by atoms with Gasteiger partial charge in [0.25, 0.3) is 0 Å². The Morgan fingerprint density at radius 3 is 2.72 bits per heavy atom. The van der Waals surface area contributed by atoms with Crippen LogP contribution in [0.25, 0.3) is 5.57 Å². The fourth-order valence-corrected chi connectivity index (χ4v) is 3.77. The van der Waals surface area contributed by atoms with Crippen LogP contribution in [0.3, 0.4) is 0 Å². The van der Waals surface area contributed by atoms with Gasteiger partial charge in [0.2, 0.25) is 0 Å². The van der Waals surface area contributed by atoms with E-state index in [-0.39, 0.29) is 0 Å². The van der Waals surface area contributed by atoms with Gasteiger partial charge in [0.05, 0.1) is 0 Å². The maximum atomic E-state index is 5.29. The second-order valence-electron chi connectivity index (χ2n) is 6.04. The number of fused-ring (bicyclic) bond motifs is 3. The van der Waals surface area contributed by atoms with Crippen molar-refractivity contribution in [1.82, 2.24) is 0 Å². The monoisotopic (exact) mass is 355 g/mol. The van der Waals surface area contributed by atoms with Crippen LogP contribution in [0.5, 0.6) is 0 Å². The molecule has 1 nitrogen and oxygen atoms in total. The summed E-state index contributed by atoms with van der Waals surface area (Å²) in [5, 5.41) is 0.683. The highest BCUT2D eigenvalue weighted by Crippen LogP contribution is 2.47. The van der Waals surface area contributed by atoms with E-state index >= 15 is 0 Å². The highest BCUT2D eigenvalue weighted by molar-refractivity contribution is 8.00. The summed E-state index contributed by atoms with van der Waals surface area (Å²) in [5.41, 5.74) is 9.37. The van der Waals surface area contributed by atoms with E-state index in [9.17, 15) is 0 Å². The second-order valence-corrected chi connectivity index (χ2v) is 7.29. The molecule has 2 atom stereocenters. The molecule has 0 bridgehead atoms. The Bertz CT molecular complexity index is 637. The molecule has 1 aromatic carbocycles. The topological polar surface area (TPSA) is 26.0 Å². The van der Waals surface area contributed by atoms with E-state index in [0.717, 1.165) is 5.57 Å². The zero-order chi connectivity index (χ0) is 18.7. The van der Waals surface area contributed by atoms with Crippen LogP contribution >= 0.6 is 11.8 Å². The fraction of sp³-hybridized carbons (Fsp3) is 0.391. The van der Waals surface area contributed by atoms with Crippen molar-refractivity contribution in [3.63, 3.8) is 0 Å². The molecule has 0 spiro atoms. The molecular formula is C23H33NS. The second kappa shape index (κ2) is 11.8. The molecule has 1 heterocycles. The molecule has 2 heteroatoms. The lowest BCUT2D eigenvalue weighted by molar-refractivity contribution is 0.698. The number of thioether (sulfide) groups is 1. The van der Waals surface area contributed by atoms with Crippen molar-refractivity contribution < 1.29 is 0 Å². The van der Waals surface area contributed by atoms with Crippen molar-refractivity contribution in [2.45, 2.75) is 57.6 Å². The van der Waals surface area contributed by atoms with Crippen LogP contribution in [-0.4, -0.2) is 5.25 Å². The molecule has 0 saturated heterocycles. The Labute approximate surface area is 158 Å². The van der Waals surface area contributed by atoms with E-state index in [1.54, 1.807) is 6.20 Å². The SMILES string of the molecule is C1=CCC2Sc3ccccc3C2=C1.CC.CCC(C)/C=C\C(C)=C/N. The zero-order valence-electron chi connectivity index (χ0n) is 16.3. The van der Waals surface area contributed by atoms with E-state index in [2.05, 4.69) is 68.5 Å². The normalized spacial score (nSPS) is 19.0. The molecule has 0 fully saturated rings. The van der Waals surface area contributed by atoms with E-state index in [4.69, 9.17) is 5.73 Å². The highest BCUT2D eigenvalue weighted by atomic mass is 32.2. The molecule has 25 heavy (non-hydrogen) atoms. The van der Waals surface area contributed by atoms with Gasteiger partial charge < -0.3 is 5.73 Å². The van der Waals surface area contributed by atoms with Crippen molar-refractivity contribution in [1.29, 1.82) is 0 Å². The van der Waals surface area contributed by atoms with Gasteiger partial charge in [-0.15, -0.1) is 11.8 Å². The number of nitrogens with two attached hydrogens (primary N) is 1. The van der Waals surface area contributed by atoms with Crippen LogP contribution in [0.4, 0.5) is 0 Å². The average molecular weight is 356 g/mol. The van der Waals surface area contributed by atoms with E-state index < -0.39 is 0 Å². The van der Waals surface area contributed by atoms with Crippen molar-refractivity contribution >= 4 is 17.3 Å². The van der Waals surface area contributed by atoms with Crippen LogP contribution in [0, 0.1) is 5.92 Å². The molecule has 1 aliphatic carbocycles. The third-order valence-electron chi connectivity index (χ3n) is 4.17. The van der Waals surface area contributed by atoms with Gasteiger partial charge in [-0.05, 0) is 48.2 Å². The molecule has 1 aliphatic heterocycles. The lowest BCUT2D eigenvalue weighted by Crippen LogP contribution is -2.00. The van der Waals surface area contributed by atoms with Gasteiger partial charge in [-0.1, -0.05) is 82.7 Å². The number of hydrogen-bond acceptors (Lipinski definition) is 2. The number of hydrogen-bond donors (Lipinski definition) is 1. The maximum Gasteiger partial charge on any atom is 0.0385 e. The van der Waals surface area contributed by atoms with Gasteiger partial charge in [-0.25, -0.2) is 0 Å². The smallest absolute Gasteiger partial charge is 0.0385 e. The zero-order valence-corrected chi connectivity index (χ0v) is 17.1. The minimum Gasteiger partial charge on any atom is -0.404 e. The standard InChI is InChI=1S/C12H10S.C9H17N.C2H6/c1-3-7-11-9(5-1)10-6-2-4-8-12(10)13-11;1-4-8(2)5-6-9(3)7-10;1-2/h1-7,12H,8H2;5-8H,4,10H2,1-3H3;1-2H3/b;6-5-,9-7-;. The van der Waals surface area contributed by atoms with Gasteiger partial charge in [0.1, 0.15) is 0 Å². The van der Waals surface area contributed by atoms with Crippen molar-refractivity contribution in [3.05, 3.63) is 72.0 Å². The third kappa shape index (κ3) is 6.62. The molecule has 2 unspecified atom stereocenters. The Hall–Kier alpha value is -1.67. The minimum atomic E-state index is 0.662. The first kappa shape index (κ1) is 21.4. The summed E-state index contributed by atoms with van der Waals surface area (Å²) in [6.45, 7) is 10.4. The molecule has 3 rings (SSSR count). The summed E-state index contributed by atoms with van der Waals surface area (Å²) >= 11 is 2.00. The first-order valence-electron chi connectivity index (χ1n) is 9.35. The molecule has 0 amide bonds. The van der Waals surface area contributed by atoms with Crippen molar-refractivity contribution in [2.75, 3.05) is 0 Å². The number of rotatable bonds is 3. The molecule has 2 aliphatic rings. The van der Waals surface area contributed by atoms with Crippen LogP contribution < -0.4 is 5.73 Å². The lowest BCUT2D eigenvalue weighted by atomic mass is 9.98. The van der Waals surface area contributed by atoms with E-state index in [1.165, 1.54) is 28.9 Å². The molecule has 1 aromatic rings. The van der Waals surface area contributed by atoms with Crippen molar-refractivity contribution in [3.8, 4) is 0 Å². The summed E-state index contributed by atoms with van der Waals surface area (Å²) < 4.78 is 0. The molecule has 0 saturated carbocycles. The van der Waals surface area contributed by atoms with Crippen LogP contribution in [0.2, 0.25) is 0 Å². The largest absolute Gasteiger partial charge is 0.404 e.